The van der Waals surface area contributed by atoms with Crippen LogP contribution in [-0.4, -0.2) is 80.3 Å². The van der Waals surface area contributed by atoms with E-state index in [0.29, 0.717) is 26.4 Å². The van der Waals surface area contributed by atoms with Crippen molar-refractivity contribution in [2.45, 2.75) is 38.9 Å². The minimum atomic E-state index is -0.981. The van der Waals surface area contributed by atoms with E-state index in [2.05, 4.69) is 24.8 Å². The van der Waals surface area contributed by atoms with E-state index in [0.717, 1.165) is 18.9 Å². The molecule has 9 nitrogen and oxygen atoms in total. The Balaban J connectivity index is -0.000000362. The van der Waals surface area contributed by atoms with Crippen molar-refractivity contribution in [2.75, 3.05) is 46.8 Å². The van der Waals surface area contributed by atoms with Crippen LogP contribution in [-0.2, 0) is 28.5 Å². The lowest BCUT2D eigenvalue weighted by atomic mass is 10.2. The van der Waals surface area contributed by atoms with Crippen LogP contribution < -0.4 is 0 Å². The Morgan fingerprint density at radius 3 is 2.07 bits per heavy atom. The standard InChI is InChI=1S/C9H16O2.C7H16O5.C3H4O2/c1-3-5-6-7-8-11-9(10)4-2;1-10-7(9)6-12-5-4-11-3-2-8;1-2-3(4)5/h4H,2-3,5-8H2,1H3;7-9H,2-6H2,1H3;2H,1H2,(H,4,5). The summed E-state index contributed by atoms with van der Waals surface area (Å²) in [4.78, 5) is 19.8. The summed E-state index contributed by atoms with van der Waals surface area (Å²) in [6.45, 7) is 10.2. The Morgan fingerprint density at radius 2 is 1.61 bits per heavy atom. The maximum absolute atomic E-state index is 10.5. The lowest BCUT2D eigenvalue weighted by molar-refractivity contribution is -0.138. The molecule has 0 saturated carbocycles. The summed E-state index contributed by atoms with van der Waals surface area (Å²) in [6, 6.07) is 0. The average Bonchev–Trinajstić information content (AvgIpc) is 2.70. The summed E-state index contributed by atoms with van der Waals surface area (Å²) in [7, 11) is 1.40. The Kier molecular flexibility index (Phi) is 30.3. The lowest BCUT2D eigenvalue weighted by Crippen LogP contribution is -2.19. The number of rotatable bonds is 15. The van der Waals surface area contributed by atoms with Gasteiger partial charge in [-0.1, -0.05) is 39.3 Å². The molecule has 1 atom stereocenters. The predicted molar refractivity (Wildman–Crippen MR) is 105 cm³/mol. The monoisotopic (exact) mass is 408 g/mol. The highest BCUT2D eigenvalue weighted by molar-refractivity contribution is 5.81. The van der Waals surface area contributed by atoms with Gasteiger partial charge in [0.05, 0.1) is 39.6 Å². The number of carboxylic acids is 1. The van der Waals surface area contributed by atoms with Gasteiger partial charge in [0.2, 0.25) is 0 Å². The van der Waals surface area contributed by atoms with Crippen LogP contribution in [0.25, 0.3) is 0 Å². The molecule has 28 heavy (non-hydrogen) atoms. The lowest BCUT2D eigenvalue weighted by Gasteiger charge is -2.08. The van der Waals surface area contributed by atoms with Crippen LogP contribution in [0.4, 0.5) is 0 Å². The second-order valence-electron chi connectivity index (χ2n) is 5.08. The van der Waals surface area contributed by atoms with Crippen LogP contribution in [0.1, 0.15) is 32.6 Å². The first-order valence-electron chi connectivity index (χ1n) is 9.01. The molecule has 0 aliphatic carbocycles. The third-order valence-electron chi connectivity index (χ3n) is 2.72. The number of carboxylic acid groups (broad SMARTS) is 1. The molecule has 0 aromatic rings. The maximum atomic E-state index is 10.5. The zero-order chi connectivity index (χ0) is 22.0. The molecule has 0 spiro atoms. The third-order valence-corrected chi connectivity index (χ3v) is 2.72. The van der Waals surface area contributed by atoms with Crippen LogP contribution in [0.2, 0.25) is 0 Å². The largest absolute Gasteiger partial charge is 0.478 e. The fourth-order valence-electron chi connectivity index (χ4n) is 1.30. The summed E-state index contributed by atoms with van der Waals surface area (Å²) >= 11 is 0. The van der Waals surface area contributed by atoms with E-state index in [9.17, 15) is 9.59 Å². The number of methoxy groups -OCH3 is 1. The molecule has 3 N–H and O–H groups in total. The summed E-state index contributed by atoms with van der Waals surface area (Å²) in [6.07, 6.45) is 5.68. The van der Waals surface area contributed by atoms with Crippen molar-refractivity contribution < 1.29 is 43.9 Å². The van der Waals surface area contributed by atoms with Crippen molar-refractivity contribution in [2.24, 2.45) is 0 Å². The molecular weight excluding hydrogens is 372 g/mol. The van der Waals surface area contributed by atoms with E-state index >= 15 is 0 Å². The molecule has 0 aromatic heterocycles. The van der Waals surface area contributed by atoms with E-state index in [4.69, 9.17) is 29.5 Å². The van der Waals surface area contributed by atoms with Gasteiger partial charge in [0.25, 0.3) is 0 Å². The summed E-state index contributed by atoms with van der Waals surface area (Å²) in [5.41, 5.74) is 0. The van der Waals surface area contributed by atoms with E-state index in [1.165, 1.54) is 26.0 Å². The molecule has 0 heterocycles. The van der Waals surface area contributed by atoms with Crippen LogP contribution in [0.15, 0.2) is 25.3 Å². The van der Waals surface area contributed by atoms with Gasteiger partial charge in [0.1, 0.15) is 0 Å². The average molecular weight is 408 g/mol. The summed E-state index contributed by atoms with van der Waals surface area (Å²) in [5, 5.41) is 24.8. The quantitative estimate of drug-likeness (QED) is 0.160. The van der Waals surface area contributed by atoms with Gasteiger partial charge in [-0.15, -0.1) is 0 Å². The number of carbonyl (C=O) groups is 2. The Hall–Kier alpha value is -1.78. The molecule has 1 unspecified atom stereocenters. The van der Waals surface area contributed by atoms with Crippen molar-refractivity contribution in [3.05, 3.63) is 25.3 Å². The van der Waals surface area contributed by atoms with Crippen molar-refractivity contribution in [3.63, 3.8) is 0 Å². The molecule has 0 aromatic carbocycles. The fraction of sp³-hybridized carbons (Fsp3) is 0.684. The smallest absolute Gasteiger partial charge is 0.330 e. The fourth-order valence-corrected chi connectivity index (χ4v) is 1.30. The summed E-state index contributed by atoms with van der Waals surface area (Å²) in [5.74, 6) is -1.30. The maximum Gasteiger partial charge on any atom is 0.330 e. The van der Waals surface area contributed by atoms with E-state index in [1.54, 1.807) is 0 Å². The molecule has 0 fully saturated rings. The number of esters is 1. The second kappa shape index (κ2) is 27.4. The molecule has 0 amide bonds. The molecule has 166 valence electrons. The molecule has 0 aliphatic heterocycles. The van der Waals surface area contributed by atoms with Crippen LogP contribution >= 0.6 is 0 Å². The van der Waals surface area contributed by atoms with Gasteiger partial charge < -0.3 is 34.3 Å². The number of aliphatic carboxylic acids is 1. The molecule has 0 bridgehead atoms. The van der Waals surface area contributed by atoms with Crippen molar-refractivity contribution in [1.82, 2.24) is 0 Å². The Morgan fingerprint density at radius 1 is 1.00 bits per heavy atom. The molecule has 9 heteroatoms. The van der Waals surface area contributed by atoms with Gasteiger partial charge in [-0.2, -0.15) is 0 Å². The van der Waals surface area contributed by atoms with Gasteiger partial charge in [-0.05, 0) is 6.42 Å². The first-order valence-corrected chi connectivity index (χ1v) is 9.01. The predicted octanol–water partition coefficient (Wildman–Crippen LogP) is 1.53. The number of hydrogen-bond donors (Lipinski definition) is 3. The molecule has 0 aliphatic rings. The third kappa shape index (κ3) is 35.4. The number of hydrogen-bond acceptors (Lipinski definition) is 8. The van der Waals surface area contributed by atoms with Crippen molar-refractivity contribution in [3.8, 4) is 0 Å². The highest BCUT2D eigenvalue weighted by atomic mass is 16.6. The van der Waals surface area contributed by atoms with Gasteiger partial charge >= 0.3 is 11.9 Å². The van der Waals surface area contributed by atoms with Gasteiger partial charge in [-0.25, -0.2) is 9.59 Å². The first-order chi connectivity index (χ1) is 13.4. The first kappa shape index (κ1) is 30.9. The second-order valence-corrected chi connectivity index (χ2v) is 5.08. The highest BCUT2D eigenvalue weighted by Gasteiger charge is 1.99. The Bertz CT molecular complexity index is 372. The van der Waals surface area contributed by atoms with Gasteiger partial charge in [-0.3, -0.25) is 0 Å². The van der Waals surface area contributed by atoms with E-state index < -0.39 is 12.3 Å². The number of carbonyl (C=O) groups excluding carboxylic acids is 1. The summed E-state index contributed by atoms with van der Waals surface area (Å²) < 4.78 is 19.2. The topological polar surface area (TPSA) is 132 Å². The van der Waals surface area contributed by atoms with Crippen molar-refractivity contribution in [1.29, 1.82) is 0 Å². The number of ether oxygens (including phenoxy) is 4. The van der Waals surface area contributed by atoms with Crippen molar-refractivity contribution >= 4 is 11.9 Å². The van der Waals surface area contributed by atoms with Gasteiger partial charge in [0, 0.05) is 19.3 Å². The van der Waals surface area contributed by atoms with E-state index in [1.807, 2.05) is 0 Å². The zero-order valence-electron chi connectivity index (χ0n) is 17.0. The van der Waals surface area contributed by atoms with Crippen LogP contribution in [0, 0.1) is 0 Å². The highest BCUT2D eigenvalue weighted by Crippen LogP contribution is 1.98. The minimum Gasteiger partial charge on any atom is -0.478 e. The van der Waals surface area contributed by atoms with E-state index in [-0.39, 0.29) is 19.2 Å². The van der Waals surface area contributed by atoms with Crippen LogP contribution in [0.3, 0.4) is 0 Å². The molecule has 0 saturated heterocycles. The normalized spacial score (nSPS) is 10.4. The molecule has 0 rings (SSSR count). The number of aliphatic hydroxyl groups is 2. The van der Waals surface area contributed by atoms with Gasteiger partial charge in [0.15, 0.2) is 6.29 Å². The number of unbranched alkanes of at least 4 members (excludes halogenated alkanes) is 3. The van der Waals surface area contributed by atoms with Crippen LogP contribution in [0.5, 0.6) is 0 Å². The SMILES string of the molecule is C=CC(=O)O.C=CC(=O)OCCCCCC.COC(O)COCCOCCO. The zero-order valence-corrected chi connectivity index (χ0v) is 17.0. The molecule has 0 radical (unpaired) electrons. The minimum absolute atomic E-state index is 0.0146. The number of aliphatic hydroxyl groups excluding tert-OH is 2. The Labute approximate surface area is 167 Å². The molecular formula is C19H36O9.